The fourth-order valence-electron chi connectivity index (χ4n) is 1.64. The molecule has 0 N–H and O–H groups in total. The van der Waals surface area contributed by atoms with E-state index in [1.807, 2.05) is 0 Å². The van der Waals surface area contributed by atoms with Crippen molar-refractivity contribution < 1.29 is 0 Å². The summed E-state index contributed by atoms with van der Waals surface area (Å²) >= 11 is 4.16. The molecule has 0 saturated carbocycles. The van der Waals surface area contributed by atoms with Crippen molar-refractivity contribution in [2.75, 3.05) is 55.9 Å². The van der Waals surface area contributed by atoms with Crippen LogP contribution in [0.25, 0.3) is 0 Å². The zero-order chi connectivity index (χ0) is 12.9. The van der Waals surface area contributed by atoms with Crippen LogP contribution in [0.1, 0.15) is 27.7 Å². The summed E-state index contributed by atoms with van der Waals surface area (Å²) < 4.78 is 0. The maximum Gasteiger partial charge on any atom is 0.0393 e. The first-order valence-electron chi connectivity index (χ1n) is 6.88. The van der Waals surface area contributed by atoms with E-state index in [2.05, 4.69) is 61.0 Å². The topological polar surface area (TPSA) is 6.48 Å². The smallest absolute Gasteiger partial charge is 0.0393 e. The summed E-state index contributed by atoms with van der Waals surface area (Å²) in [6.45, 7) is 16.2. The van der Waals surface area contributed by atoms with E-state index in [0.29, 0.717) is 0 Å². The molecule has 0 aromatic heterocycles. The average molecular weight is 279 g/mol. The molecule has 0 heterocycles. The highest BCUT2D eigenvalue weighted by atomic mass is 32.2. The Morgan fingerprint density at radius 2 is 1.00 bits per heavy atom. The summed E-state index contributed by atoms with van der Waals surface area (Å²) in [4.78, 5) is 4.99. The van der Waals surface area contributed by atoms with Crippen molar-refractivity contribution >= 4 is 23.5 Å². The molecule has 0 aliphatic heterocycles. The third-order valence-corrected chi connectivity index (χ3v) is 5.34. The monoisotopic (exact) mass is 278 g/mol. The van der Waals surface area contributed by atoms with Crippen LogP contribution in [0.4, 0.5) is 0 Å². The molecule has 104 valence electrons. The van der Waals surface area contributed by atoms with Crippen LogP contribution in [0.2, 0.25) is 0 Å². The number of thioether (sulfide) groups is 2. The number of nitrogens with zero attached hydrogens (tertiary/aromatic N) is 2. The maximum atomic E-state index is 2.49. The number of rotatable bonds is 12. The second kappa shape index (κ2) is 13.1. The Morgan fingerprint density at radius 1 is 0.647 bits per heavy atom. The molecule has 0 unspecified atom stereocenters. The van der Waals surface area contributed by atoms with E-state index >= 15 is 0 Å². The van der Waals surface area contributed by atoms with Gasteiger partial charge in [-0.15, -0.1) is 23.5 Å². The fraction of sp³-hybridized carbons (Fsp3) is 1.00. The summed E-state index contributed by atoms with van der Waals surface area (Å²) in [5, 5.41) is 1.25. The third-order valence-electron chi connectivity index (χ3n) is 3.06. The van der Waals surface area contributed by atoms with E-state index in [1.54, 1.807) is 0 Å². The number of hydrogen-bond donors (Lipinski definition) is 0. The van der Waals surface area contributed by atoms with E-state index < -0.39 is 0 Å². The zero-order valence-corrected chi connectivity index (χ0v) is 13.7. The average Bonchev–Trinajstić information content (AvgIpc) is 2.37. The van der Waals surface area contributed by atoms with Crippen LogP contribution in [0.3, 0.4) is 0 Å². The molecular formula is C13H30N2S2. The highest BCUT2D eigenvalue weighted by Gasteiger charge is 2.00. The zero-order valence-electron chi connectivity index (χ0n) is 12.1. The molecule has 0 rings (SSSR count). The van der Waals surface area contributed by atoms with Gasteiger partial charge in [-0.2, -0.15) is 0 Å². The molecule has 0 amide bonds. The first kappa shape index (κ1) is 17.6. The largest absolute Gasteiger partial charge is 0.303 e. The highest BCUT2D eigenvalue weighted by molar-refractivity contribution is 8.15. The minimum atomic E-state index is 1.19. The van der Waals surface area contributed by atoms with Crippen molar-refractivity contribution in [1.29, 1.82) is 0 Å². The summed E-state index contributed by atoms with van der Waals surface area (Å²) in [7, 11) is 0. The molecule has 0 aliphatic rings. The van der Waals surface area contributed by atoms with Gasteiger partial charge in [0.05, 0.1) is 0 Å². The van der Waals surface area contributed by atoms with Gasteiger partial charge in [0.1, 0.15) is 0 Å². The lowest BCUT2D eigenvalue weighted by molar-refractivity contribution is 0.323. The molecular weight excluding hydrogens is 248 g/mol. The summed E-state index contributed by atoms with van der Waals surface area (Å²) in [6.07, 6.45) is 0. The van der Waals surface area contributed by atoms with Crippen molar-refractivity contribution in [3.8, 4) is 0 Å². The standard InChI is InChI=1S/C13H30N2S2/c1-5-14(6-2)9-11-16-13-17-12-10-15(7-3)8-4/h5-13H2,1-4H3. The Balaban J connectivity index is 3.23. The highest BCUT2D eigenvalue weighted by Crippen LogP contribution is 2.12. The van der Waals surface area contributed by atoms with E-state index in [9.17, 15) is 0 Å². The molecule has 0 fully saturated rings. The minimum absolute atomic E-state index is 1.19. The second-order valence-electron chi connectivity index (χ2n) is 3.99. The Morgan fingerprint density at radius 3 is 1.29 bits per heavy atom. The Hall–Kier alpha value is 0.620. The first-order valence-corrected chi connectivity index (χ1v) is 9.19. The van der Waals surface area contributed by atoms with E-state index in [1.165, 1.54) is 55.9 Å². The van der Waals surface area contributed by atoms with Gasteiger partial charge < -0.3 is 9.80 Å². The van der Waals surface area contributed by atoms with Crippen LogP contribution in [0.15, 0.2) is 0 Å². The normalized spacial score (nSPS) is 11.6. The molecule has 0 aromatic rings. The van der Waals surface area contributed by atoms with Gasteiger partial charge in [-0.05, 0) is 26.2 Å². The van der Waals surface area contributed by atoms with Crippen molar-refractivity contribution in [2.45, 2.75) is 27.7 Å². The van der Waals surface area contributed by atoms with E-state index in [4.69, 9.17) is 0 Å². The van der Waals surface area contributed by atoms with Gasteiger partial charge in [0.2, 0.25) is 0 Å². The van der Waals surface area contributed by atoms with Gasteiger partial charge in [0, 0.05) is 29.7 Å². The van der Waals surface area contributed by atoms with Gasteiger partial charge >= 0.3 is 0 Å². The van der Waals surface area contributed by atoms with Crippen molar-refractivity contribution in [3.63, 3.8) is 0 Å². The molecule has 2 nitrogen and oxygen atoms in total. The predicted molar refractivity (Wildman–Crippen MR) is 85.4 cm³/mol. The van der Waals surface area contributed by atoms with Gasteiger partial charge in [-0.1, -0.05) is 27.7 Å². The van der Waals surface area contributed by atoms with Gasteiger partial charge in [0.25, 0.3) is 0 Å². The fourth-order valence-corrected chi connectivity index (χ4v) is 3.83. The second-order valence-corrected chi connectivity index (χ2v) is 6.56. The maximum absolute atomic E-state index is 2.49. The summed E-state index contributed by atoms with van der Waals surface area (Å²) in [5.41, 5.74) is 0. The lowest BCUT2D eigenvalue weighted by Gasteiger charge is -2.18. The van der Waals surface area contributed by atoms with Crippen LogP contribution >= 0.6 is 23.5 Å². The lowest BCUT2D eigenvalue weighted by atomic mass is 10.5. The molecule has 0 spiro atoms. The first-order chi connectivity index (χ1) is 8.28. The molecule has 0 bridgehead atoms. The molecule has 0 aromatic carbocycles. The quantitative estimate of drug-likeness (QED) is 0.399. The van der Waals surface area contributed by atoms with Crippen molar-refractivity contribution in [3.05, 3.63) is 0 Å². The van der Waals surface area contributed by atoms with Crippen LogP contribution in [-0.2, 0) is 0 Å². The third kappa shape index (κ3) is 10.2. The SMILES string of the molecule is CCN(CC)CCSCSCCN(CC)CC. The molecule has 17 heavy (non-hydrogen) atoms. The molecule has 0 radical (unpaired) electrons. The van der Waals surface area contributed by atoms with E-state index in [0.717, 1.165) is 0 Å². The number of hydrogen-bond acceptors (Lipinski definition) is 4. The van der Waals surface area contributed by atoms with Crippen molar-refractivity contribution in [1.82, 2.24) is 9.80 Å². The van der Waals surface area contributed by atoms with E-state index in [-0.39, 0.29) is 0 Å². The van der Waals surface area contributed by atoms with Crippen LogP contribution in [0, 0.1) is 0 Å². The van der Waals surface area contributed by atoms with Gasteiger partial charge in [0.15, 0.2) is 0 Å². The lowest BCUT2D eigenvalue weighted by Crippen LogP contribution is -2.25. The Labute approximate surface area is 117 Å². The molecule has 0 saturated heterocycles. The summed E-state index contributed by atoms with van der Waals surface area (Å²) in [5.74, 6) is 2.56. The van der Waals surface area contributed by atoms with Crippen molar-refractivity contribution in [2.24, 2.45) is 0 Å². The molecule has 0 atom stereocenters. The molecule has 4 heteroatoms. The van der Waals surface area contributed by atoms with Gasteiger partial charge in [-0.3, -0.25) is 0 Å². The van der Waals surface area contributed by atoms with Crippen LogP contribution < -0.4 is 0 Å². The Bertz CT molecular complexity index is 132. The molecule has 0 aliphatic carbocycles. The Kier molecular flexibility index (Phi) is 13.5. The van der Waals surface area contributed by atoms with Crippen LogP contribution in [-0.4, -0.2) is 65.7 Å². The van der Waals surface area contributed by atoms with Gasteiger partial charge in [-0.25, -0.2) is 0 Å². The summed E-state index contributed by atoms with van der Waals surface area (Å²) in [6, 6.07) is 0. The predicted octanol–water partition coefficient (Wildman–Crippen LogP) is 3.09. The minimum Gasteiger partial charge on any atom is -0.303 e. The van der Waals surface area contributed by atoms with Crippen LogP contribution in [0.5, 0.6) is 0 Å².